The molecule has 0 spiro atoms. The summed E-state index contributed by atoms with van der Waals surface area (Å²) >= 11 is 1.45. The Morgan fingerprint density at radius 2 is 1.95 bits per heavy atom. The van der Waals surface area contributed by atoms with Crippen molar-refractivity contribution < 1.29 is 31.1 Å². The number of fused-ring (bicyclic) bond motifs is 1. The molecule has 0 aliphatic carbocycles. The van der Waals surface area contributed by atoms with Crippen molar-refractivity contribution in [3.63, 3.8) is 0 Å². The lowest BCUT2D eigenvalue weighted by molar-refractivity contribution is -0.638. The van der Waals surface area contributed by atoms with Gasteiger partial charge in [-0.25, -0.2) is 4.57 Å². The van der Waals surface area contributed by atoms with Crippen molar-refractivity contribution in [2.45, 2.75) is 6.54 Å². The molecular weight excluding hydrogens is 364 g/mol. The number of thiazole rings is 1. The molecule has 3 aromatic rings. The van der Waals surface area contributed by atoms with Crippen LogP contribution in [0, 0.1) is 0 Å². The van der Waals surface area contributed by atoms with Gasteiger partial charge in [-0.15, -0.1) is 0 Å². The summed E-state index contributed by atoms with van der Waals surface area (Å²) in [5.41, 5.74) is 7.70. The van der Waals surface area contributed by atoms with E-state index < -0.39 is 0 Å². The van der Waals surface area contributed by atoms with Gasteiger partial charge < -0.3 is 21.7 Å². The van der Waals surface area contributed by atoms with Gasteiger partial charge in [0, 0.05) is 11.6 Å². The van der Waals surface area contributed by atoms with Crippen molar-refractivity contribution >= 4 is 32.5 Å². The summed E-state index contributed by atoms with van der Waals surface area (Å²) in [6.07, 6.45) is 0. The Bertz CT molecular complexity index is 803. The summed E-state index contributed by atoms with van der Waals surface area (Å²) in [7, 11) is 1.63. The summed E-state index contributed by atoms with van der Waals surface area (Å²) in [6, 6.07) is 15.0. The van der Waals surface area contributed by atoms with Gasteiger partial charge in [0.15, 0.2) is 6.54 Å². The molecule has 0 fully saturated rings. The average molecular weight is 379 g/mol. The first kappa shape index (κ1) is 16.5. The van der Waals surface area contributed by atoms with Crippen LogP contribution < -0.4 is 32.0 Å². The van der Waals surface area contributed by atoms with E-state index in [9.17, 15) is 4.79 Å². The fourth-order valence-corrected chi connectivity index (χ4v) is 3.19. The highest BCUT2D eigenvalue weighted by molar-refractivity contribution is 7.21. The third-order valence-corrected chi connectivity index (χ3v) is 4.31. The van der Waals surface area contributed by atoms with Crippen molar-refractivity contribution in [1.29, 1.82) is 0 Å². The predicted molar refractivity (Wildman–Crippen MR) is 83.8 cm³/mol. The molecule has 6 heteroatoms. The zero-order valence-electron chi connectivity index (χ0n) is 12.0. The number of nitrogens with zero attached hydrogens (tertiary/aromatic N) is 1. The van der Waals surface area contributed by atoms with Crippen LogP contribution in [0.1, 0.15) is 10.4 Å². The standard InChI is InChI=1S/C16H14N2O2S.BrH/c1-20-12-7-8-13-15(9-12)21-16(17)18(13)10-14(19)11-5-3-2-4-6-11;/h2-9,17H,10H2,1H3;1H. The van der Waals surface area contributed by atoms with E-state index in [-0.39, 0.29) is 29.3 Å². The van der Waals surface area contributed by atoms with Gasteiger partial charge in [-0.05, 0) is 23.5 Å². The molecule has 1 aromatic heterocycles. The van der Waals surface area contributed by atoms with Crippen LogP contribution in [0.15, 0.2) is 48.5 Å². The van der Waals surface area contributed by atoms with Gasteiger partial charge in [0.05, 0.1) is 11.8 Å². The number of nitrogens with two attached hydrogens (primary N) is 1. The van der Waals surface area contributed by atoms with Crippen LogP contribution in [0.25, 0.3) is 10.2 Å². The second-order valence-corrected chi connectivity index (χ2v) is 5.71. The zero-order valence-corrected chi connectivity index (χ0v) is 14.4. The maximum atomic E-state index is 12.3. The lowest BCUT2D eigenvalue weighted by Crippen LogP contribution is -3.00. The van der Waals surface area contributed by atoms with Crippen LogP contribution in [0.4, 0.5) is 5.13 Å². The van der Waals surface area contributed by atoms with E-state index in [2.05, 4.69) is 0 Å². The summed E-state index contributed by atoms with van der Waals surface area (Å²) in [6.45, 7) is 0.238. The lowest BCUT2D eigenvalue weighted by Gasteiger charge is -2.01. The fourth-order valence-electron chi connectivity index (χ4n) is 2.23. The number of aromatic nitrogens is 1. The van der Waals surface area contributed by atoms with Gasteiger partial charge in [0.2, 0.25) is 5.78 Å². The van der Waals surface area contributed by atoms with E-state index >= 15 is 0 Å². The molecule has 0 bridgehead atoms. The molecule has 2 N–H and O–H groups in total. The summed E-state index contributed by atoms with van der Waals surface area (Å²) in [4.78, 5) is 12.3. The van der Waals surface area contributed by atoms with Crippen LogP contribution in [0.5, 0.6) is 5.75 Å². The normalized spacial score (nSPS) is 10.2. The third kappa shape index (κ3) is 3.13. The SMILES string of the molecule is COc1ccc2c(c1)sc(N)[n+]2CC(=O)c1ccccc1.[Br-]. The molecule has 0 amide bonds. The van der Waals surface area contributed by atoms with Crippen molar-refractivity contribution in [3.8, 4) is 5.75 Å². The first-order chi connectivity index (χ1) is 10.2. The number of methoxy groups -OCH3 is 1. The highest BCUT2D eigenvalue weighted by Gasteiger charge is 2.19. The van der Waals surface area contributed by atoms with Crippen molar-refractivity contribution in [2.24, 2.45) is 0 Å². The molecule has 0 saturated heterocycles. The number of carbonyl (C=O) groups excluding carboxylic acids is 1. The molecular formula is C16H15BrN2O2S. The number of nitrogen functional groups attached to an aromatic ring is 1. The van der Waals surface area contributed by atoms with Crippen LogP contribution in [0.3, 0.4) is 0 Å². The number of carbonyl (C=O) groups is 1. The van der Waals surface area contributed by atoms with E-state index in [1.165, 1.54) is 11.3 Å². The lowest BCUT2D eigenvalue weighted by atomic mass is 10.1. The van der Waals surface area contributed by atoms with Gasteiger partial charge in [0.1, 0.15) is 11.3 Å². The molecule has 22 heavy (non-hydrogen) atoms. The van der Waals surface area contributed by atoms with Gasteiger partial charge in [0.25, 0.3) is 0 Å². The molecule has 3 rings (SSSR count). The third-order valence-electron chi connectivity index (χ3n) is 3.34. The van der Waals surface area contributed by atoms with Gasteiger partial charge in [-0.3, -0.25) is 10.5 Å². The maximum Gasteiger partial charge on any atom is 0.333 e. The molecule has 0 radical (unpaired) electrons. The second kappa shape index (κ2) is 6.89. The Labute approximate surface area is 142 Å². The second-order valence-electron chi connectivity index (χ2n) is 4.65. The number of benzene rings is 2. The number of Topliss-reactive ketones (excluding diaryl/α,β-unsaturated/α-hetero) is 1. The smallest absolute Gasteiger partial charge is 0.333 e. The van der Waals surface area contributed by atoms with E-state index in [0.717, 1.165) is 16.0 Å². The molecule has 0 aliphatic rings. The summed E-state index contributed by atoms with van der Waals surface area (Å²) < 4.78 is 8.06. The number of anilines is 1. The van der Waals surface area contributed by atoms with Gasteiger partial charge in [-0.1, -0.05) is 30.3 Å². The molecule has 2 aromatic carbocycles. The number of hydrogen-bond acceptors (Lipinski definition) is 4. The van der Waals surface area contributed by atoms with Gasteiger partial charge >= 0.3 is 5.13 Å². The number of ketones is 1. The first-order valence-corrected chi connectivity index (χ1v) is 7.35. The molecule has 0 aliphatic heterocycles. The number of hydrogen-bond donors (Lipinski definition) is 1. The van der Waals surface area contributed by atoms with E-state index in [0.29, 0.717) is 10.7 Å². The number of ether oxygens (including phenoxy) is 1. The average Bonchev–Trinajstić information content (AvgIpc) is 2.83. The molecule has 0 atom stereocenters. The fraction of sp³-hybridized carbons (Fsp3) is 0.125. The Balaban J connectivity index is 0.00000176. The monoisotopic (exact) mass is 378 g/mol. The molecule has 0 saturated carbocycles. The quantitative estimate of drug-likeness (QED) is 0.499. The largest absolute Gasteiger partial charge is 1.00 e. The topological polar surface area (TPSA) is 56.2 Å². The minimum atomic E-state index is 0. The number of rotatable bonds is 4. The number of halogens is 1. The molecule has 0 unspecified atom stereocenters. The van der Waals surface area contributed by atoms with Crippen LogP contribution in [0.2, 0.25) is 0 Å². The summed E-state index contributed by atoms with van der Waals surface area (Å²) in [5.74, 6) is 0.827. The minimum absolute atomic E-state index is 0. The Kier molecular flexibility index (Phi) is 5.15. The Hall–Kier alpha value is -1.92. The first-order valence-electron chi connectivity index (χ1n) is 6.53. The molecule has 114 valence electrons. The molecule has 4 nitrogen and oxygen atoms in total. The van der Waals surface area contributed by atoms with E-state index in [1.807, 2.05) is 53.1 Å². The minimum Gasteiger partial charge on any atom is -1.00 e. The van der Waals surface area contributed by atoms with E-state index in [4.69, 9.17) is 10.5 Å². The zero-order chi connectivity index (χ0) is 14.8. The highest BCUT2D eigenvalue weighted by Crippen LogP contribution is 2.26. The Morgan fingerprint density at radius 3 is 2.64 bits per heavy atom. The van der Waals surface area contributed by atoms with E-state index in [1.54, 1.807) is 7.11 Å². The van der Waals surface area contributed by atoms with Gasteiger partial charge in [-0.2, -0.15) is 0 Å². The summed E-state index contributed by atoms with van der Waals surface area (Å²) in [5, 5.41) is 0.613. The predicted octanol–water partition coefficient (Wildman–Crippen LogP) is -0.333. The van der Waals surface area contributed by atoms with Crippen LogP contribution >= 0.6 is 11.3 Å². The van der Waals surface area contributed by atoms with Crippen molar-refractivity contribution in [3.05, 3.63) is 54.1 Å². The maximum absolute atomic E-state index is 12.3. The Morgan fingerprint density at radius 1 is 1.23 bits per heavy atom. The van der Waals surface area contributed by atoms with Crippen molar-refractivity contribution in [1.82, 2.24) is 0 Å². The molecule has 1 heterocycles. The van der Waals surface area contributed by atoms with Crippen molar-refractivity contribution in [2.75, 3.05) is 12.8 Å². The van der Waals surface area contributed by atoms with Crippen LogP contribution in [-0.2, 0) is 6.54 Å². The highest BCUT2D eigenvalue weighted by atomic mass is 79.9. The van der Waals surface area contributed by atoms with Crippen LogP contribution in [-0.4, -0.2) is 12.9 Å².